The van der Waals surface area contributed by atoms with Crippen molar-refractivity contribution in [1.82, 2.24) is 15.2 Å². The molecule has 0 spiro atoms. The zero-order valence-electron chi connectivity index (χ0n) is 14.0. The Morgan fingerprint density at radius 2 is 1.88 bits per heavy atom. The molecule has 1 saturated heterocycles. The van der Waals surface area contributed by atoms with Crippen molar-refractivity contribution in [2.24, 2.45) is 5.92 Å². The van der Waals surface area contributed by atoms with Crippen LogP contribution in [-0.4, -0.2) is 27.9 Å². The molecule has 0 radical (unpaired) electrons. The summed E-state index contributed by atoms with van der Waals surface area (Å²) in [7, 11) is 0. The molecule has 0 aliphatic carbocycles. The third-order valence-electron chi connectivity index (χ3n) is 4.05. The number of benzene rings is 1. The van der Waals surface area contributed by atoms with Crippen molar-refractivity contribution in [2.45, 2.75) is 32.6 Å². The lowest BCUT2D eigenvalue weighted by Gasteiger charge is -2.13. The second-order valence-electron chi connectivity index (χ2n) is 6.31. The first-order chi connectivity index (χ1) is 12.2. The average Bonchev–Trinajstić information content (AvgIpc) is 3.14. The lowest BCUT2D eigenvalue weighted by Crippen LogP contribution is -2.34. The van der Waals surface area contributed by atoms with E-state index >= 15 is 0 Å². The number of alkyl halides is 3. The van der Waals surface area contributed by atoms with Crippen molar-refractivity contribution in [3.63, 3.8) is 0 Å². The number of halogens is 3. The number of carbonyl (C=O) groups is 2. The minimum Gasteiger partial charge on any atom is -0.326 e. The minimum absolute atomic E-state index is 0.0189. The first kappa shape index (κ1) is 18.4. The van der Waals surface area contributed by atoms with Crippen molar-refractivity contribution < 1.29 is 22.8 Å². The van der Waals surface area contributed by atoms with Crippen LogP contribution in [0.3, 0.4) is 0 Å². The highest BCUT2D eigenvalue weighted by Gasteiger charge is 2.39. The molecule has 3 amide bonds. The summed E-state index contributed by atoms with van der Waals surface area (Å²) in [6.07, 6.45) is -4.39. The van der Waals surface area contributed by atoms with Crippen molar-refractivity contribution in [3.05, 3.63) is 40.9 Å². The smallest absolute Gasteiger partial charge is 0.326 e. The molecule has 2 aromatic rings. The summed E-state index contributed by atoms with van der Waals surface area (Å²) in [5, 5.41) is 4.86. The van der Waals surface area contributed by atoms with E-state index in [1.54, 1.807) is 5.38 Å². The van der Waals surface area contributed by atoms with Gasteiger partial charge >= 0.3 is 12.2 Å². The molecule has 1 unspecified atom stereocenters. The summed E-state index contributed by atoms with van der Waals surface area (Å²) in [5.41, 5.74) is 0.335. The third-order valence-corrected chi connectivity index (χ3v) is 4.99. The lowest BCUT2D eigenvalue weighted by molar-refractivity contribution is -0.137. The third kappa shape index (κ3) is 3.57. The predicted octanol–water partition coefficient (Wildman–Crippen LogP) is 3.91. The Hall–Kier alpha value is -2.42. The van der Waals surface area contributed by atoms with Crippen molar-refractivity contribution >= 4 is 23.3 Å². The highest BCUT2D eigenvalue weighted by molar-refractivity contribution is 7.13. The van der Waals surface area contributed by atoms with Crippen molar-refractivity contribution in [1.29, 1.82) is 0 Å². The van der Waals surface area contributed by atoms with Gasteiger partial charge in [0.2, 0.25) is 0 Å². The molecule has 1 aromatic heterocycles. The van der Waals surface area contributed by atoms with Crippen LogP contribution < -0.4 is 5.32 Å². The SMILES string of the molecule is CC(C)C1NC(=O)N(Cc2csc(-c3ccc(C(F)(F)F)cc3)n2)C1=O. The van der Waals surface area contributed by atoms with Crippen molar-refractivity contribution in [3.8, 4) is 10.6 Å². The average molecular weight is 383 g/mol. The molecular weight excluding hydrogens is 367 g/mol. The highest BCUT2D eigenvalue weighted by atomic mass is 32.1. The highest BCUT2D eigenvalue weighted by Crippen LogP contribution is 2.32. The van der Waals surface area contributed by atoms with Crippen LogP contribution in [-0.2, 0) is 17.5 Å². The molecular formula is C17H16F3N3O2S. The van der Waals surface area contributed by atoms with Gasteiger partial charge in [-0.05, 0) is 18.1 Å². The summed E-state index contributed by atoms with van der Waals surface area (Å²) in [5.74, 6) is -0.316. The largest absolute Gasteiger partial charge is 0.416 e. The van der Waals surface area contributed by atoms with Crippen LogP contribution in [0.1, 0.15) is 25.1 Å². The van der Waals surface area contributed by atoms with E-state index in [1.165, 1.54) is 23.5 Å². The van der Waals surface area contributed by atoms with Gasteiger partial charge in [-0.3, -0.25) is 9.69 Å². The van der Waals surface area contributed by atoms with Gasteiger partial charge in [0.15, 0.2) is 0 Å². The van der Waals surface area contributed by atoms with E-state index in [9.17, 15) is 22.8 Å². The number of urea groups is 1. The molecule has 9 heteroatoms. The number of nitrogens with zero attached hydrogens (tertiary/aromatic N) is 2. The van der Waals surface area contributed by atoms with Gasteiger partial charge < -0.3 is 5.32 Å². The monoisotopic (exact) mass is 383 g/mol. The van der Waals surface area contributed by atoms with E-state index in [-0.39, 0.29) is 18.4 Å². The number of nitrogens with one attached hydrogen (secondary N) is 1. The molecule has 0 saturated carbocycles. The number of carbonyl (C=O) groups excluding carboxylic acids is 2. The standard InChI is InChI=1S/C17H16F3N3O2S/c1-9(2)13-15(24)23(16(25)22-13)7-12-8-26-14(21-12)10-3-5-11(6-4-10)17(18,19)20/h3-6,8-9,13H,7H2,1-2H3,(H,22,25). The molecule has 0 bridgehead atoms. The van der Waals surface area contributed by atoms with Crippen LogP contribution in [0.15, 0.2) is 29.6 Å². The Bertz CT molecular complexity index is 831. The second kappa shape index (κ2) is 6.71. The Morgan fingerprint density at radius 1 is 1.23 bits per heavy atom. The molecule has 1 atom stereocenters. The van der Waals surface area contributed by atoms with Crippen molar-refractivity contribution in [2.75, 3.05) is 0 Å². The molecule has 138 valence electrons. The van der Waals surface area contributed by atoms with E-state index in [4.69, 9.17) is 0 Å². The first-order valence-corrected chi connectivity index (χ1v) is 8.78. The number of thiazole rings is 1. The normalized spacial score (nSPS) is 17.9. The molecule has 5 nitrogen and oxygen atoms in total. The number of imide groups is 1. The van der Waals surface area contributed by atoms with E-state index in [0.29, 0.717) is 16.3 Å². The van der Waals surface area contributed by atoms with Gasteiger partial charge in [-0.2, -0.15) is 13.2 Å². The van der Waals surface area contributed by atoms with E-state index in [0.717, 1.165) is 17.0 Å². The summed E-state index contributed by atoms with van der Waals surface area (Å²) >= 11 is 1.25. The maximum Gasteiger partial charge on any atom is 0.416 e. The molecule has 1 fully saturated rings. The van der Waals surface area contributed by atoms with Crippen LogP contribution in [0.4, 0.5) is 18.0 Å². The van der Waals surface area contributed by atoms with Gasteiger partial charge in [0.25, 0.3) is 5.91 Å². The van der Waals surface area contributed by atoms with Gasteiger partial charge in [0, 0.05) is 10.9 Å². The number of hydrogen-bond acceptors (Lipinski definition) is 4. The molecule has 1 aromatic carbocycles. The minimum atomic E-state index is -4.39. The molecule has 1 aliphatic rings. The second-order valence-corrected chi connectivity index (χ2v) is 7.17. The molecule has 26 heavy (non-hydrogen) atoms. The van der Waals surface area contributed by atoms with E-state index in [2.05, 4.69) is 10.3 Å². The lowest BCUT2D eigenvalue weighted by atomic mass is 10.1. The first-order valence-electron chi connectivity index (χ1n) is 7.90. The zero-order chi connectivity index (χ0) is 19.1. The Balaban J connectivity index is 1.74. The summed E-state index contributed by atoms with van der Waals surface area (Å²) < 4.78 is 37.9. The summed E-state index contributed by atoms with van der Waals surface area (Å²) in [6.45, 7) is 3.72. The van der Waals surface area contributed by atoms with E-state index in [1.807, 2.05) is 13.8 Å². The van der Waals surface area contributed by atoms with Gasteiger partial charge in [-0.25, -0.2) is 9.78 Å². The molecule has 2 heterocycles. The van der Waals surface area contributed by atoms with Crippen LogP contribution in [0.2, 0.25) is 0 Å². The van der Waals surface area contributed by atoms with Gasteiger partial charge in [-0.15, -0.1) is 11.3 Å². The predicted molar refractivity (Wildman–Crippen MR) is 90.3 cm³/mol. The fraction of sp³-hybridized carbons (Fsp3) is 0.353. The Kier molecular flexibility index (Phi) is 4.74. The number of hydrogen-bond donors (Lipinski definition) is 1. The molecule has 3 rings (SSSR count). The van der Waals surface area contributed by atoms with Crippen LogP contribution in [0.25, 0.3) is 10.6 Å². The maximum absolute atomic E-state index is 12.6. The topological polar surface area (TPSA) is 62.3 Å². The van der Waals surface area contributed by atoms with E-state index < -0.39 is 23.8 Å². The number of rotatable bonds is 4. The molecule has 1 N–H and O–H groups in total. The summed E-state index contributed by atoms with van der Waals surface area (Å²) in [6, 6.07) is 3.71. The summed E-state index contributed by atoms with van der Waals surface area (Å²) in [4.78, 5) is 29.7. The molecule has 1 aliphatic heterocycles. The quantitative estimate of drug-likeness (QED) is 0.815. The van der Waals surface area contributed by atoms with Crippen LogP contribution >= 0.6 is 11.3 Å². The maximum atomic E-state index is 12.6. The van der Waals surface area contributed by atoms with Crippen LogP contribution in [0.5, 0.6) is 0 Å². The fourth-order valence-electron chi connectivity index (χ4n) is 2.62. The van der Waals surface area contributed by atoms with Crippen LogP contribution in [0, 0.1) is 5.92 Å². The van der Waals surface area contributed by atoms with Gasteiger partial charge in [0.05, 0.1) is 17.8 Å². The Morgan fingerprint density at radius 3 is 2.42 bits per heavy atom. The zero-order valence-corrected chi connectivity index (χ0v) is 14.8. The Labute approximate surface area is 151 Å². The fourth-order valence-corrected chi connectivity index (χ4v) is 3.44. The number of aromatic nitrogens is 1. The van der Waals surface area contributed by atoms with Gasteiger partial charge in [0.1, 0.15) is 11.0 Å². The number of amides is 3. The van der Waals surface area contributed by atoms with Gasteiger partial charge in [-0.1, -0.05) is 26.0 Å².